The van der Waals surface area contributed by atoms with Crippen LogP contribution in [0, 0.1) is 6.57 Å². The molecule has 0 N–H and O–H groups in total. The first-order valence-electron chi connectivity index (χ1n) is 21.5. The quantitative estimate of drug-likeness (QED) is 0.151. The summed E-state index contributed by atoms with van der Waals surface area (Å²) in [5, 5.41) is 4.96. The van der Waals surface area contributed by atoms with Gasteiger partial charge in [-0.3, -0.25) is 0 Å². The van der Waals surface area contributed by atoms with E-state index in [2.05, 4.69) is 169 Å². The summed E-state index contributed by atoms with van der Waals surface area (Å²) in [5.41, 5.74) is 16.8. The zero-order chi connectivity index (χ0) is 42.6. The monoisotopic (exact) mass is 812 g/mol. The number of hydrogen-bond acceptors (Lipinski definition) is 3. The van der Waals surface area contributed by atoms with E-state index < -0.39 is 0 Å². The molecule has 1 aromatic heterocycles. The summed E-state index contributed by atoms with van der Waals surface area (Å²) in [7, 11) is 0. The fraction of sp³-hybridized carbons (Fsp3) is 0. The molecule has 1 aliphatic carbocycles. The fourth-order valence-electron chi connectivity index (χ4n) is 9.41. The highest BCUT2D eigenvalue weighted by Gasteiger charge is 2.22. The first-order valence-corrected chi connectivity index (χ1v) is 21.5. The Morgan fingerprint density at radius 3 is 1.50 bits per heavy atom. The van der Waals surface area contributed by atoms with Gasteiger partial charge in [-0.2, -0.15) is 0 Å². The van der Waals surface area contributed by atoms with Crippen LogP contribution < -0.4 is 0 Å². The summed E-state index contributed by atoms with van der Waals surface area (Å²) in [6.07, 6.45) is 0. The van der Waals surface area contributed by atoms with Crippen LogP contribution in [0.2, 0.25) is 0 Å². The van der Waals surface area contributed by atoms with E-state index in [4.69, 9.17) is 21.5 Å². The zero-order valence-electron chi connectivity index (χ0n) is 34.6. The van der Waals surface area contributed by atoms with Crippen molar-refractivity contribution >= 4 is 27.2 Å². The second-order valence-electron chi connectivity index (χ2n) is 16.2. The number of benzene rings is 10. The van der Waals surface area contributed by atoms with Crippen LogP contribution in [0.4, 0.5) is 5.69 Å². The summed E-state index contributed by atoms with van der Waals surface area (Å²) < 4.78 is 0. The largest absolute Gasteiger partial charge is 0.237 e. The molecule has 1 aliphatic rings. The van der Waals surface area contributed by atoms with Crippen LogP contribution in [0.15, 0.2) is 218 Å². The molecule has 64 heavy (non-hydrogen) atoms. The van der Waals surface area contributed by atoms with E-state index in [0.717, 1.165) is 55.6 Å². The molecule has 10 aromatic carbocycles. The highest BCUT2D eigenvalue weighted by atomic mass is 15.0. The van der Waals surface area contributed by atoms with Crippen LogP contribution in [0.3, 0.4) is 0 Å². The molecule has 11 aromatic rings. The van der Waals surface area contributed by atoms with Crippen LogP contribution >= 0.6 is 0 Å². The molecule has 0 saturated carbocycles. The third-order valence-electron chi connectivity index (χ3n) is 12.5. The lowest BCUT2D eigenvalue weighted by Crippen LogP contribution is -2.01. The standard InChI is InChI=1S/C60H36N4/c1-61-56-37-46(44-20-9-19-43(35-44)45-32-34-51-52-25-11-17-40-18-12-26-53(57(40)52)55(51)36-45)31-33-48(56)39-27-29-42(30-28-39)59-62-58(41-14-3-2-4-15-41)63-60(64-59)54-23-8-7-22-50(54)49-24-10-16-38-13-5-6-21-47(38)49/h2-37H. The van der Waals surface area contributed by atoms with E-state index in [1.54, 1.807) is 0 Å². The van der Waals surface area contributed by atoms with E-state index in [0.29, 0.717) is 23.2 Å². The van der Waals surface area contributed by atoms with Crippen LogP contribution in [0.25, 0.3) is 127 Å². The predicted octanol–water partition coefficient (Wildman–Crippen LogP) is 16.0. The van der Waals surface area contributed by atoms with Crippen LogP contribution in [-0.2, 0) is 0 Å². The first kappa shape index (κ1) is 37.0. The number of rotatable bonds is 7. The Kier molecular flexibility index (Phi) is 8.84. The van der Waals surface area contributed by atoms with Crippen molar-refractivity contribution in [3.05, 3.63) is 230 Å². The number of nitrogens with zero attached hydrogens (tertiary/aromatic N) is 4. The minimum absolute atomic E-state index is 0.578. The number of hydrogen-bond donors (Lipinski definition) is 0. The highest BCUT2D eigenvalue weighted by molar-refractivity contribution is 6.15. The molecule has 1 heterocycles. The van der Waals surface area contributed by atoms with Crippen molar-refractivity contribution in [1.82, 2.24) is 15.0 Å². The molecule has 0 saturated heterocycles. The second kappa shape index (κ2) is 15.3. The van der Waals surface area contributed by atoms with Gasteiger partial charge in [0.15, 0.2) is 23.2 Å². The van der Waals surface area contributed by atoms with Gasteiger partial charge in [0.1, 0.15) is 0 Å². The zero-order valence-corrected chi connectivity index (χ0v) is 34.6. The Balaban J connectivity index is 0.876. The highest BCUT2D eigenvalue weighted by Crippen LogP contribution is 2.48. The van der Waals surface area contributed by atoms with Crippen LogP contribution in [-0.4, -0.2) is 15.0 Å². The molecule has 12 rings (SSSR count). The van der Waals surface area contributed by atoms with Crippen molar-refractivity contribution in [3.8, 4) is 101 Å². The van der Waals surface area contributed by atoms with Crippen molar-refractivity contribution in [2.45, 2.75) is 0 Å². The molecule has 0 amide bonds. The third kappa shape index (κ3) is 6.35. The van der Waals surface area contributed by atoms with Gasteiger partial charge in [-0.05, 0) is 107 Å². The van der Waals surface area contributed by atoms with Gasteiger partial charge in [-0.1, -0.05) is 200 Å². The fourth-order valence-corrected chi connectivity index (χ4v) is 9.41. The minimum Gasteiger partial charge on any atom is -0.237 e. The molecule has 0 unspecified atom stereocenters. The maximum atomic E-state index is 8.25. The second-order valence-corrected chi connectivity index (χ2v) is 16.2. The SMILES string of the molecule is [C-]#[N+]c1cc(-c2cccc(-c3ccc4c(c3)-c3cccc5cccc-4c35)c2)ccc1-c1ccc(-c2nc(-c3ccccc3)nc(-c3ccccc3-c3cccc4ccccc34)n2)cc1. The maximum absolute atomic E-state index is 8.25. The van der Waals surface area contributed by atoms with Crippen molar-refractivity contribution < 1.29 is 0 Å². The van der Waals surface area contributed by atoms with Gasteiger partial charge in [0.05, 0.1) is 6.57 Å². The van der Waals surface area contributed by atoms with Crippen LogP contribution in [0.5, 0.6) is 0 Å². The topological polar surface area (TPSA) is 43.0 Å². The summed E-state index contributed by atoms with van der Waals surface area (Å²) in [4.78, 5) is 19.3. The summed E-state index contributed by atoms with van der Waals surface area (Å²) in [6, 6.07) is 76.2. The van der Waals surface area contributed by atoms with Gasteiger partial charge in [-0.15, -0.1) is 0 Å². The Morgan fingerprint density at radius 1 is 0.281 bits per heavy atom. The van der Waals surface area contributed by atoms with Crippen molar-refractivity contribution in [2.75, 3.05) is 0 Å². The Morgan fingerprint density at radius 2 is 0.750 bits per heavy atom. The van der Waals surface area contributed by atoms with Crippen molar-refractivity contribution in [1.29, 1.82) is 0 Å². The predicted molar refractivity (Wildman–Crippen MR) is 264 cm³/mol. The van der Waals surface area contributed by atoms with Gasteiger partial charge >= 0.3 is 0 Å². The lowest BCUT2D eigenvalue weighted by Gasteiger charge is -2.14. The normalized spacial score (nSPS) is 11.4. The van der Waals surface area contributed by atoms with Gasteiger partial charge in [0.25, 0.3) is 0 Å². The third-order valence-corrected chi connectivity index (χ3v) is 12.5. The minimum atomic E-state index is 0.578. The van der Waals surface area contributed by atoms with E-state index in [-0.39, 0.29) is 0 Å². The lowest BCUT2D eigenvalue weighted by molar-refractivity contribution is 1.07. The molecular formula is C60H36N4. The van der Waals surface area contributed by atoms with E-state index in [1.165, 1.54) is 49.4 Å². The lowest BCUT2D eigenvalue weighted by atomic mass is 9.94. The molecule has 0 bridgehead atoms. The Bertz CT molecular complexity index is 3670. The average molecular weight is 813 g/mol. The molecule has 0 atom stereocenters. The molecule has 4 nitrogen and oxygen atoms in total. The molecule has 4 heteroatoms. The molecule has 296 valence electrons. The van der Waals surface area contributed by atoms with Gasteiger partial charge < -0.3 is 0 Å². The van der Waals surface area contributed by atoms with E-state index in [1.807, 2.05) is 54.6 Å². The molecule has 0 fully saturated rings. The van der Waals surface area contributed by atoms with E-state index >= 15 is 0 Å². The summed E-state index contributed by atoms with van der Waals surface area (Å²) in [5.74, 6) is 1.78. The smallest absolute Gasteiger partial charge is 0.195 e. The van der Waals surface area contributed by atoms with Crippen molar-refractivity contribution in [3.63, 3.8) is 0 Å². The molecule has 0 aliphatic heterocycles. The first-order chi connectivity index (χ1) is 31.7. The van der Waals surface area contributed by atoms with Crippen LogP contribution in [0.1, 0.15) is 0 Å². The van der Waals surface area contributed by atoms with Crippen molar-refractivity contribution in [2.24, 2.45) is 0 Å². The molecule has 0 spiro atoms. The Labute approximate surface area is 371 Å². The van der Waals surface area contributed by atoms with Gasteiger partial charge in [0, 0.05) is 16.7 Å². The number of aromatic nitrogens is 3. The van der Waals surface area contributed by atoms with E-state index in [9.17, 15) is 0 Å². The molecule has 0 radical (unpaired) electrons. The summed E-state index contributed by atoms with van der Waals surface area (Å²) >= 11 is 0. The summed E-state index contributed by atoms with van der Waals surface area (Å²) in [6.45, 7) is 8.25. The molecular weight excluding hydrogens is 777 g/mol. The van der Waals surface area contributed by atoms with Gasteiger partial charge in [-0.25, -0.2) is 19.8 Å². The average Bonchev–Trinajstić information content (AvgIpc) is 3.70. The maximum Gasteiger partial charge on any atom is 0.195 e. The van der Waals surface area contributed by atoms with Gasteiger partial charge in [0.2, 0.25) is 0 Å². The Hall–Kier alpha value is -8.78. The number of fused-ring (bicyclic) bond motifs is 4.